The van der Waals surface area contributed by atoms with Crippen molar-refractivity contribution in [1.82, 2.24) is 4.90 Å². The lowest BCUT2D eigenvalue weighted by Crippen LogP contribution is -2.45. The van der Waals surface area contributed by atoms with E-state index in [1.165, 1.54) is 18.1 Å². The molecular formula is C22H47NO5Si3. The Labute approximate surface area is 193 Å². The lowest BCUT2D eigenvalue weighted by molar-refractivity contribution is -0.139. The van der Waals surface area contributed by atoms with Crippen molar-refractivity contribution in [2.75, 3.05) is 26.3 Å². The largest absolute Gasteiger partial charge is 0.462 e. The summed E-state index contributed by atoms with van der Waals surface area (Å²) in [6.07, 6.45) is 1.84. The van der Waals surface area contributed by atoms with E-state index < -0.39 is 24.7 Å². The van der Waals surface area contributed by atoms with Crippen LogP contribution in [0.15, 0.2) is 12.2 Å². The average molecular weight is 490 g/mol. The molecule has 31 heavy (non-hydrogen) atoms. The number of hydrogen-bond acceptors (Lipinski definition) is 5. The Hall–Kier alpha value is -0.749. The molecule has 6 nitrogen and oxygen atoms in total. The van der Waals surface area contributed by atoms with Gasteiger partial charge in [-0.05, 0) is 58.0 Å². The highest BCUT2D eigenvalue weighted by Crippen LogP contribution is 2.29. The van der Waals surface area contributed by atoms with Gasteiger partial charge in [0.15, 0.2) is 16.6 Å². The van der Waals surface area contributed by atoms with Crippen molar-refractivity contribution in [1.29, 1.82) is 0 Å². The fourth-order valence-electron chi connectivity index (χ4n) is 3.70. The van der Waals surface area contributed by atoms with Crippen LogP contribution in [-0.2, 0) is 18.4 Å². The fraction of sp³-hybridized carbons (Fsp3) is 0.818. The van der Waals surface area contributed by atoms with Gasteiger partial charge >= 0.3 is 5.97 Å². The van der Waals surface area contributed by atoms with Crippen molar-refractivity contribution >= 4 is 36.6 Å². The summed E-state index contributed by atoms with van der Waals surface area (Å²) in [6, 6.07) is 4.58. The molecule has 0 unspecified atom stereocenters. The Morgan fingerprint density at radius 1 is 0.871 bits per heavy atom. The van der Waals surface area contributed by atoms with E-state index in [1.807, 2.05) is 0 Å². The lowest BCUT2D eigenvalue weighted by Gasteiger charge is -2.36. The van der Waals surface area contributed by atoms with Crippen molar-refractivity contribution in [3.8, 4) is 0 Å². The molecule has 0 atom stereocenters. The number of ether oxygens (including phenoxy) is 1. The second-order valence-corrected chi connectivity index (χ2v) is 24.8. The first-order valence-electron chi connectivity index (χ1n) is 11.5. The van der Waals surface area contributed by atoms with Crippen LogP contribution in [-0.4, -0.2) is 72.9 Å². The number of aliphatic hydroxyl groups is 1. The molecule has 0 aliphatic carbocycles. The van der Waals surface area contributed by atoms with Gasteiger partial charge in [-0.2, -0.15) is 0 Å². The molecule has 0 saturated carbocycles. The maximum Gasteiger partial charge on any atom is 0.333 e. The van der Waals surface area contributed by atoms with Crippen LogP contribution in [0.2, 0.25) is 63.5 Å². The van der Waals surface area contributed by atoms with Gasteiger partial charge in [-0.1, -0.05) is 31.8 Å². The van der Waals surface area contributed by atoms with Crippen molar-refractivity contribution in [2.24, 2.45) is 0 Å². The van der Waals surface area contributed by atoms with E-state index in [4.69, 9.17) is 14.0 Å². The first-order valence-corrected chi connectivity index (χ1v) is 21.1. The average Bonchev–Trinajstić information content (AvgIpc) is 2.62. The van der Waals surface area contributed by atoms with E-state index >= 15 is 0 Å². The molecule has 0 aliphatic heterocycles. The Morgan fingerprint density at radius 2 is 1.45 bits per heavy atom. The van der Waals surface area contributed by atoms with Gasteiger partial charge in [0.1, 0.15) is 0 Å². The molecule has 182 valence electrons. The molecule has 0 fully saturated rings. The predicted octanol–water partition coefficient (Wildman–Crippen LogP) is 4.86. The second kappa shape index (κ2) is 13.7. The third-order valence-electron chi connectivity index (χ3n) is 5.56. The summed E-state index contributed by atoms with van der Waals surface area (Å²) in [4.78, 5) is 24.9. The zero-order valence-corrected chi connectivity index (χ0v) is 24.3. The summed E-state index contributed by atoms with van der Waals surface area (Å²) in [5.74, 6) is -0.276. The molecule has 0 heterocycles. The molecule has 0 bridgehead atoms. The van der Waals surface area contributed by atoms with Gasteiger partial charge in [0.2, 0.25) is 5.91 Å². The third-order valence-corrected chi connectivity index (χ3v) is 16.8. The van der Waals surface area contributed by atoms with Gasteiger partial charge in [-0.25, -0.2) is 4.79 Å². The summed E-state index contributed by atoms with van der Waals surface area (Å²) in [6.45, 7) is 22.5. The minimum atomic E-state index is -1.80. The maximum atomic E-state index is 11.6. The van der Waals surface area contributed by atoms with Crippen molar-refractivity contribution in [3.05, 3.63) is 12.2 Å². The highest BCUT2D eigenvalue weighted by Gasteiger charge is 2.34. The van der Waals surface area contributed by atoms with Crippen molar-refractivity contribution < 1.29 is 23.5 Å². The molecular weight excluding hydrogens is 443 g/mol. The van der Waals surface area contributed by atoms with E-state index in [-0.39, 0.29) is 18.5 Å². The van der Waals surface area contributed by atoms with Gasteiger partial charge in [-0.3, -0.25) is 4.79 Å². The first-order chi connectivity index (χ1) is 14.1. The molecule has 0 aromatic rings. The Bertz CT molecular complexity index is 594. The van der Waals surface area contributed by atoms with Crippen LogP contribution in [0.1, 0.15) is 26.7 Å². The van der Waals surface area contributed by atoms with Gasteiger partial charge in [0.05, 0.1) is 13.2 Å². The molecule has 0 aliphatic rings. The topological polar surface area (TPSA) is 76.1 Å². The fourth-order valence-corrected chi connectivity index (χ4v) is 18.0. The number of hydrogen-bond donors (Lipinski definition) is 1. The molecule has 1 amide bonds. The number of carbonyl (C=O) groups excluding carboxylic acids is 2. The number of esters is 1. The molecule has 0 saturated heterocycles. The summed E-state index contributed by atoms with van der Waals surface area (Å²) < 4.78 is 12.0. The van der Waals surface area contributed by atoms with Crippen molar-refractivity contribution in [3.63, 3.8) is 0 Å². The van der Waals surface area contributed by atoms with E-state index in [1.54, 1.807) is 18.7 Å². The molecule has 9 heteroatoms. The number of nitrogens with zero attached hydrogens (tertiary/aromatic N) is 1. The molecule has 0 rings (SSSR count). The predicted molar refractivity (Wildman–Crippen MR) is 137 cm³/mol. The number of amides is 1. The number of aliphatic hydroxyl groups excluding tert-OH is 1. The van der Waals surface area contributed by atoms with Gasteiger partial charge in [-0.15, -0.1) is 0 Å². The van der Waals surface area contributed by atoms with Crippen LogP contribution in [0.25, 0.3) is 0 Å². The molecule has 0 aromatic carbocycles. The number of rotatable bonds is 16. The molecule has 0 spiro atoms. The van der Waals surface area contributed by atoms with Gasteiger partial charge in [0.25, 0.3) is 0 Å². The quantitative estimate of drug-likeness (QED) is 0.145. The summed E-state index contributed by atoms with van der Waals surface area (Å²) in [7, 11) is -4.93. The summed E-state index contributed by atoms with van der Waals surface area (Å²) in [5, 5.41) is 9.11. The van der Waals surface area contributed by atoms with Gasteiger partial charge < -0.3 is 18.9 Å². The highest BCUT2D eigenvalue weighted by molar-refractivity contribution is 6.86. The second-order valence-electron chi connectivity index (χ2n) is 10.6. The number of carbonyl (C=O) groups is 2. The first kappa shape index (κ1) is 30.3. The van der Waals surface area contributed by atoms with Crippen LogP contribution in [0.3, 0.4) is 0 Å². The molecule has 1 N–H and O–H groups in total. The zero-order valence-electron chi connectivity index (χ0n) is 21.3. The monoisotopic (exact) mass is 489 g/mol. The zero-order chi connectivity index (χ0) is 24.3. The molecule has 0 aromatic heterocycles. The minimum Gasteiger partial charge on any atom is -0.462 e. The minimum absolute atomic E-state index is 0.0214. The van der Waals surface area contributed by atoms with E-state index in [2.05, 4.69) is 45.9 Å². The van der Waals surface area contributed by atoms with Gasteiger partial charge in [0, 0.05) is 33.7 Å². The standard InChI is InChI=1S/C22H47NO5Si3/c1-20(2)22(26)27-15-11-17-30(6,7)28-31(8,9)19-18-29(4,5)16-10-12-23(13-14-24)21(3)25/h24H,1,10-19H2,2-9H3. The lowest BCUT2D eigenvalue weighted by atomic mass is 10.4. The van der Waals surface area contributed by atoms with Crippen LogP contribution in [0.4, 0.5) is 0 Å². The van der Waals surface area contributed by atoms with Crippen molar-refractivity contribution in [2.45, 2.75) is 90.1 Å². The normalized spacial score (nSPS) is 12.5. The van der Waals surface area contributed by atoms with Crippen LogP contribution in [0, 0.1) is 0 Å². The maximum absolute atomic E-state index is 11.6. The van der Waals surface area contributed by atoms with Crippen LogP contribution >= 0.6 is 0 Å². The Morgan fingerprint density at radius 3 is 1.97 bits per heavy atom. The third kappa shape index (κ3) is 14.8. The van der Waals surface area contributed by atoms with Crippen LogP contribution in [0.5, 0.6) is 0 Å². The smallest absolute Gasteiger partial charge is 0.333 e. The van der Waals surface area contributed by atoms with E-state index in [0.29, 0.717) is 18.7 Å². The Kier molecular flexibility index (Phi) is 13.4. The summed E-state index contributed by atoms with van der Waals surface area (Å²) in [5.41, 5.74) is 0.440. The van der Waals surface area contributed by atoms with Crippen LogP contribution < -0.4 is 0 Å². The Balaban J connectivity index is 4.44. The highest BCUT2D eigenvalue weighted by atomic mass is 28.4. The van der Waals surface area contributed by atoms with E-state index in [9.17, 15) is 9.59 Å². The SMILES string of the molecule is C=C(C)C(=O)OCCC[Si](C)(C)O[Si](C)(C)CC[Si](C)(C)CCCN(CCO)C(C)=O. The molecule has 0 radical (unpaired) electrons. The summed E-state index contributed by atoms with van der Waals surface area (Å²) >= 11 is 0. The van der Waals surface area contributed by atoms with E-state index in [0.717, 1.165) is 25.4 Å².